The van der Waals surface area contributed by atoms with E-state index in [0.717, 1.165) is 45.5 Å². The predicted octanol–water partition coefficient (Wildman–Crippen LogP) is 0.845. The summed E-state index contributed by atoms with van der Waals surface area (Å²) in [6.45, 7) is 4.58. The molecule has 0 atom stereocenters. The first kappa shape index (κ1) is 13.3. The fourth-order valence-corrected chi connectivity index (χ4v) is 1.64. The number of carbonyl (C=O) groups excluding carboxylic acids is 1. The molecule has 0 saturated carbocycles. The van der Waals surface area contributed by atoms with Crippen LogP contribution in [0.25, 0.3) is 0 Å². The minimum atomic E-state index is 0.0755. The molecule has 1 aliphatic rings. The Kier molecular flexibility index (Phi) is 6.92. The zero-order valence-corrected chi connectivity index (χ0v) is 10.0. The van der Waals surface area contributed by atoms with Crippen LogP contribution in [0.3, 0.4) is 0 Å². The maximum Gasteiger partial charge on any atom is 0.317 e. The number of nitrogens with zero attached hydrogens (tertiary/aromatic N) is 1. The van der Waals surface area contributed by atoms with Crippen molar-refractivity contribution in [2.45, 2.75) is 19.3 Å². The maximum atomic E-state index is 11.4. The topological polar surface area (TPSA) is 50.8 Å². The summed E-state index contributed by atoms with van der Waals surface area (Å²) in [7, 11) is 1.67. The molecule has 16 heavy (non-hydrogen) atoms. The van der Waals surface area contributed by atoms with E-state index in [1.165, 1.54) is 0 Å². The van der Waals surface area contributed by atoms with Crippen LogP contribution in [0.15, 0.2) is 0 Å². The molecular weight excluding hydrogens is 208 g/mol. The summed E-state index contributed by atoms with van der Waals surface area (Å²) < 4.78 is 10.2. The van der Waals surface area contributed by atoms with Crippen LogP contribution in [0.4, 0.5) is 4.79 Å². The van der Waals surface area contributed by atoms with Crippen molar-refractivity contribution in [1.82, 2.24) is 10.2 Å². The summed E-state index contributed by atoms with van der Waals surface area (Å²) in [5, 5.41) is 2.84. The highest BCUT2D eigenvalue weighted by molar-refractivity contribution is 5.74. The maximum absolute atomic E-state index is 11.4. The normalized spacial score (nSPS) is 16.3. The lowest BCUT2D eigenvalue weighted by molar-refractivity contribution is 0.0678. The van der Waals surface area contributed by atoms with E-state index in [-0.39, 0.29) is 6.03 Å². The van der Waals surface area contributed by atoms with E-state index in [1.54, 1.807) is 7.11 Å². The van der Waals surface area contributed by atoms with E-state index in [2.05, 4.69) is 5.32 Å². The first-order valence-electron chi connectivity index (χ1n) is 5.94. The van der Waals surface area contributed by atoms with E-state index in [0.29, 0.717) is 13.2 Å². The molecule has 1 N–H and O–H groups in total. The molecule has 1 saturated heterocycles. The molecule has 0 aromatic carbocycles. The third kappa shape index (κ3) is 5.32. The lowest BCUT2D eigenvalue weighted by atomic mass is 10.2. The third-order valence-electron chi connectivity index (χ3n) is 2.57. The molecule has 1 heterocycles. The fraction of sp³-hybridized carbons (Fsp3) is 0.909. The molecule has 1 fully saturated rings. The van der Waals surface area contributed by atoms with Crippen molar-refractivity contribution in [2.24, 2.45) is 0 Å². The lowest BCUT2D eigenvalue weighted by Crippen LogP contribution is -2.46. The number of amides is 2. The second-order valence-corrected chi connectivity index (χ2v) is 3.88. The van der Waals surface area contributed by atoms with Crippen molar-refractivity contribution in [1.29, 1.82) is 0 Å². The highest BCUT2D eigenvalue weighted by Crippen LogP contribution is 2.02. The van der Waals surface area contributed by atoms with E-state index in [4.69, 9.17) is 9.47 Å². The Morgan fingerprint density at radius 1 is 1.31 bits per heavy atom. The van der Waals surface area contributed by atoms with Gasteiger partial charge in [-0.2, -0.15) is 0 Å². The second kappa shape index (κ2) is 8.35. The Morgan fingerprint density at radius 3 is 2.94 bits per heavy atom. The summed E-state index contributed by atoms with van der Waals surface area (Å²) >= 11 is 0. The number of methoxy groups -OCH3 is 1. The monoisotopic (exact) mass is 230 g/mol. The van der Waals surface area contributed by atoms with Crippen LogP contribution in [-0.2, 0) is 9.47 Å². The van der Waals surface area contributed by atoms with E-state index >= 15 is 0 Å². The van der Waals surface area contributed by atoms with Gasteiger partial charge in [0.1, 0.15) is 0 Å². The number of ether oxygens (including phenoxy) is 2. The molecule has 0 radical (unpaired) electrons. The molecule has 0 spiro atoms. The van der Waals surface area contributed by atoms with E-state index < -0.39 is 0 Å². The van der Waals surface area contributed by atoms with Crippen LogP contribution in [0.2, 0.25) is 0 Å². The molecule has 5 nitrogen and oxygen atoms in total. The molecule has 0 bridgehead atoms. The quantitative estimate of drug-likeness (QED) is 0.629. The molecule has 1 aliphatic heterocycles. The molecule has 0 aliphatic carbocycles. The van der Waals surface area contributed by atoms with Crippen LogP contribution in [0.5, 0.6) is 0 Å². The highest BCUT2D eigenvalue weighted by atomic mass is 16.5. The van der Waals surface area contributed by atoms with Gasteiger partial charge in [-0.25, -0.2) is 4.79 Å². The molecule has 1 rings (SSSR count). The van der Waals surface area contributed by atoms with Gasteiger partial charge in [0.2, 0.25) is 0 Å². The minimum Gasteiger partial charge on any atom is -0.382 e. The van der Waals surface area contributed by atoms with Gasteiger partial charge in [0.25, 0.3) is 0 Å². The average molecular weight is 230 g/mol. The Hall–Kier alpha value is -0.810. The molecule has 0 unspecified atom stereocenters. The van der Waals surface area contributed by atoms with Crippen LogP contribution in [0.1, 0.15) is 19.3 Å². The van der Waals surface area contributed by atoms with Gasteiger partial charge in [0.15, 0.2) is 0 Å². The van der Waals surface area contributed by atoms with Crippen LogP contribution in [0, 0.1) is 0 Å². The van der Waals surface area contributed by atoms with Gasteiger partial charge in [-0.05, 0) is 19.3 Å². The fourth-order valence-electron chi connectivity index (χ4n) is 1.64. The Balaban J connectivity index is 1.92. The first-order valence-corrected chi connectivity index (χ1v) is 5.94. The van der Waals surface area contributed by atoms with Gasteiger partial charge in [-0.1, -0.05) is 0 Å². The highest BCUT2D eigenvalue weighted by Gasteiger charge is 2.15. The van der Waals surface area contributed by atoms with Gasteiger partial charge in [0.05, 0.1) is 13.2 Å². The van der Waals surface area contributed by atoms with Crippen LogP contribution < -0.4 is 5.32 Å². The predicted molar refractivity (Wildman–Crippen MR) is 61.5 cm³/mol. The minimum absolute atomic E-state index is 0.0755. The molecule has 5 heteroatoms. The van der Waals surface area contributed by atoms with Crippen LogP contribution in [-0.4, -0.2) is 57.5 Å². The van der Waals surface area contributed by atoms with Gasteiger partial charge in [-0.3, -0.25) is 0 Å². The molecule has 94 valence electrons. The summed E-state index contributed by atoms with van der Waals surface area (Å²) in [5.74, 6) is 0. The number of carbonyl (C=O) groups is 1. The molecule has 2 amide bonds. The van der Waals surface area contributed by atoms with Crippen molar-refractivity contribution in [2.75, 3.05) is 46.6 Å². The zero-order chi connectivity index (χ0) is 11.6. The van der Waals surface area contributed by atoms with Crippen molar-refractivity contribution >= 4 is 6.03 Å². The van der Waals surface area contributed by atoms with E-state index in [9.17, 15) is 4.79 Å². The smallest absolute Gasteiger partial charge is 0.317 e. The largest absolute Gasteiger partial charge is 0.382 e. The van der Waals surface area contributed by atoms with Gasteiger partial charge in [-0.15, -0.1) is 0 Å². The van der Waals surface area contributed by atoms with Gasteiger partial charge < -0.3 is 19.7 Å². The second-order valence-electron chi connectivity index (χ2n) is 3.88. The number of rotatable bonds is 8. The van der Waals surface area contributed by atoms with Crippen molar-refractivity contribution < 1.29 is 14.3 Å². The number of hydrogen-bond donors (Lipinski definition) is 1. The third-order valence-corrected chi connectivity index (χ3v) is 2.57. The summed E-state index contributed by atoms with van der Waals surface area (Å²) in [6, 6.07) is 0.0755. The van der Waals surface area contributed by atoms with Crippen molar-refractivity contribution in [3.63, 3.8) is 0 Å². The van der Waals surface area contributed by atoms with Crippen molar-refractivity contribution in [3.05, 3.63) is 0 Å². The average Bonchev–Trinajstić information content (AvgIpc) is 2.30. The number of unbranched alkanes of at least 4 members (excludes halogenated alkanes) is 1. The summed E-state index contributed by atoms with van der Waals surface area (Å²) in [6.07, 6.45) is 3.05. The van der Waals surface area contributed by atoms with E-state index in [1.807, 2.05) is 4.90 Å². The SMILES string of the molecule is COCCOCCCCN1CCCNC1=O. The first-order chi connectivity index (χ1) is 7.84. The number of urea groups is 1. The lowest BCUT2D eigenvalue weighted by Gasteiger charge is -2.27. The molecule has 0 aromatic rings. The summed E-state index contributed by atoms with van der Waals surface area (Å²) in [5.41, 5.74) is 0. The van der Waals surface area contributed by atoms with Crippen molar-refractivity contribution in [3.8, 4) is 0 Å². The standard InChI is InChI=1S/C11H22N2O3/c1-15-9-10-16-8-3-2-6-13-7-4-5-12-11(13)14/h2-10H2,1H3,(H,12,14). The van der Waals surface area contributed by atoms with Gasteiger partial charge in [0, 0.05) is 33.4 Å². The Bertz CT molecular complexity index is 200. The molecule has 0 aromatic heterocycles. The number of nitrogens with one attached hydrogen (secondary N) is 1. The summed E-state index contributed by atoms with van der Waals surface area (Å²) in [4.78, 5) is 13.2. The van der Waals surface area contributed by atoms with Gasteiger partial charge >= 0.3 is 6.03 Å². The number of hydrogen-bond acceptors (Lipinski definition) is 3. The Labute approximate surface area is 97.1 Å². The molecular formula is C11H22N2O3. The zero-order valence-electron chi connectivity index (χ0n) is 10.0. The Morgan fingerprint density at radius 2 is 2.19 bits per heavy atom. The van der Waals surface area contributed by atoms with Crippen LogP contribution >= 0.6 is 0 Å².